The summed E-state index contributed by atoms with van der Waals surface area (Å²) in [5.74, 6) is 0. The number of hydrogen-bond donors (Lipinski definition) is 2. The molecule has 1 atom stereocenters. The quantitative estimate of drug-likeness (QED) is 0.903. The first-order chi connectivity index (χ1) is 11.1. The number of hydrogen-bond acceptors (Lipinski definition) is 4. The van der Waals surface area contributed by atoms with Crippen LogP contribution in [0.5, 0.6) is 0 Å². The van der Waals surface area contributed by atoms with Crippen LogP contribution < -0.4 is 0 Å². The lowest BCUT2D eigenvalue weighted by atomic mass is 9.53. The second kappa shape index (κ2) is 5.53. The number of pyridine rings is 2. The van der Waals surface area contributed by atoms with Gasteiger partial charge in [-0.05, 0) is 49.6 Å². The predicted molar refractivity (Wildman–Crippen MR) is 80.0 cm³/mol. The molecule has 7 heteroatoms. The minimum atomic E-state index is -4.57. The molecule has 2 N–H and O–H groups in total. The summed E-state index contributed by atoms with van der Waals surface area (Å²) < 4.78 is 38.9. The van der Waals surface area contributed by atoms with E-state index >= 15 is 0 Å². The Morgan fingerprint density at radius 3 is 2.38 bits per heavy atom. The van der Waals surface area contributed by atoms with E-state index < -0.39 is 29.0 Å². The van der Waals surface area contributed by atoms with E-state index in [1.165, 1.54) is 12.3 Å². The zero-order chi connectivity index (χ0) is 17.6. The Bertz CT molecular complexity index is 724. The van der Waals surface area contributed by atoms with Crippen molar-refractivity contribution < 1.29 is 23.4 Å². The first-order valence-electron chi connectivity index (χ1n) is 7.49. The normalized spacial score (nSPS) is 28.2. The Morgan fingerprint density at radius 1 is 1.12 bits per heavy atom. The van der Waals surface area contributed by atoms with E-state index in [0.717, 1.165) is 12.3 Å². The standard InChI is InChI=1S/C17H17F3N2O2/c1-15(24)9-16(10-15,14(23)12-4-2-3-6-21-12)11-5-7-22-13(8-11)17(18,19)20/h2-8,14,23-24H,9-10H2,1H3/t14-,15?,16?/m1/s1. The van der Waals surface area contributed by atoms with Crippen molar-refractivity contribution in [3.05, 3.63) is 59.7 Å². The van der Waals surface area contributed by atoms with Gasteiger partial charge in [-0.15, -0.1) is 0 Å². The Kier molecular flexibility index (Phi) is 3.88. The average molecular weight is 338 g/mol. The van der Waals surface area contributed by atoms with E-state index in [4.69, 9.17) is 0 Å². The summed E-state index contributed by atoms with van der Waals surface area (Å²) in [5.41, 5.74) is -2.43. The third kappa shape index (κ3) is 2.89. The molecule has 2 heterocycles. The van der Waals surface area contributed by atoms with Crippen LogP contribution in [0.2, 0.25) is 0 Å². The van der Waals surface area contributed by atoms with Gasteiger partial charge < -0.3 is 10.2 Å². The molecule has 0 unspecified atom stereocenters. The molecule has 1 aliphatic rings. The first-order valence-corrected chi connectivity index (χ1v) is 7.49. The Balaban J connectivity index is 2.05. The molecule has 0 aliphatic heterocycles. The van der Waals surface area contributed by atoms with Gasteiger partial charge in [0.15, 0.2) is 0 Å². The van der Waals surface area contributed by atoms with Crippen molar-refractivity contribution in [1.29, 1.82) is 0 Å². The van der Waals surface area contributed by atoms with Crippen LogP contribution in [0, 0.1) is 0 Å². The molecule has 0 radical (unpaired) electrons. The van der Waals surface area contributed by atoms with E-state index in [2.05, 4.69) is 9.97 Å². The van der Waals surface area contributed by atoms with Crippen LogP contribution in [0.4, 0.5) is 13.2 Å². The van der Waals surface area contributed by atoms with Gasteiger partial charge in [0.2, 0.25) is 0 Å². The second-order valence-corrected chi connectivity index (χ2v) is 6.59. The Labute approximate surface area is 137 Å². The van der Waals surface area contributed by atoms with Crippen molar-refractivity contribution in [2.75, 3.05) is 0 Å². The monoisotopic (exact) mass is 338 g/mol. The number of halogens is 3. The molecule has 3 rings (SSSR count). The van der Waals surface area contributed by atoms with Gasteiger partial charge in [0, 0.05) is 17.8 Å². The molecule has 24 heavy (non-hydrogen) atoms. The van der Waals surface area contributed by atoms with Gasteiger partial charge in [0.1, 0.15) is 11.8 Å². The maximum atomic E-state index is 13.0. The molecule has 4 nitrogen and oxygen atoms in total. The van der Waals surface area contributed by atoms with E-state index in [1.807, 2.05) is 0 Å². The molecule has 1 fully saturated rings. The minimum absolute atomic E-state index is 0.138. The number of aliphatic hydroxyl groups excluding tert-OH is 1. The first kappa shape index (κ1) is 16.9. The molecular formula is C17H17F3N2O2. The minimum Gasteiger partial charge on any atom is -0.390 e. The summed E-state index contributed by atoms with van der Waals surface area (Å²) in [6.45, 7) is 1.60. The molecule has 1 aliphatic carbocycles. The number of nitrogens with zero attached hydrogens (tertiary/aromatic N) is 2. The van der Waals surface area contributed by atoms with Gasteiger partial charge in [-0.25, -0.2) is 0 Å². The highest BCUT2D eigenvalue weighted by Crippen LogP contribution is 2.56. The van der Waals surface area contributed by atoms with Gasteiger partial charge >= 0.3 is 6.18 Å². The molecule has 0 spiro atoms. The maximum absolute atomic E-state index is 13.0. The molecule has 0 amide bonds. The van der Waals surface area contributed by atoms with Crippen molar-refractivity contribution >= 4 is 0 Å². The summed E-state index contributed by atoms with van der Waals surface area (Å²) >= 11 is 0. The molecular weight excluding hydrogens is 321 g/mol. The summed E-state index contributed by atoms with van der Waals surface area (Å²) in [6, 6.07) is 7.40. The molecule has 0 bridgehead atoms. The van der Waals surface area contributed by atoms with Crippen LogP contribution in [0.3, 0.4) is 0 Å². The van der Waals surface area contributed by atoms with Crippen LogP contribution in [-0.2, 0) is 11.6 Å². The summed E-state index contributed by atoms with van der Waals surface area (Å²) in [4.78, 5) is 7.47. The third-order valence-electron chi connectivity index (χ3n) is 4.51. The lowest BCUT2D eigenvalue weighted by Gasteiger charge is -2.54. The number of alkyl halides is 3. The van der Waals surface area contributed by atoms with Gasteiger partial charge in [-0.1, -0.05) is 6.07 Å². The number of rotatable bonds is 3. The predicted octanol–water partition coefficient (Wildman–Crippen LogP) is 3.01. The molecule has 128 valence electrons. The Morgan fingerprint density at radius 2 is 1.83 bits per heavy atom. The van der Waals surface area contributed by atoms with E-state index in [1.54, 1.807) is 25.1 Å². The lowest BCUT2D eigenvalue weighted by molar-refractivity contribution is -0.142. The third-order valence-corrected chi connectivity index (χ3v) is 4.51. The van der Waals surface area contributed by atoms with Crippen LogP contribution >= 0.6 is 0 Å². The van der Waals surface area contributed by atoms with Crippen LogP contribution in [0.15, 0.2) is 42.7 Å². The van der Waals surface area contributed by atoms with Crippen molar-refractivity contribution in [3.63, 3.8) is 0 Å². The SMILES string of the molecule is CC1(O)CC(c2ccnc(C(F)(F)F)c2)([C@H](O)c2ccccn2)C1. The van der Waals surface area contributed by atoms with Crippen molar-refractivity contribution in [3.8, 4) is 0 Å². The van der Waals surface area contributed by atoms with Crippen molar-refractivity contribution in [2.24, 2.45) is 0 Å². The maximum Gasteiger partial charge on any atom is 0.433 e. The van der Waals surface area contributed by atoms with Gasteiger partial charge in [0.25, 0.3) is 0 Å². The second-order valence-electron chi connectivity index (χ2n) is 6.59. The molecule has 0 aromatic carbocycles. The molecule has 2 aromatic heterocycles. The van der Waals surface area contributed by atoms with Crippen LogP contribution in [0.1, 0.15) is 42.8 Å². The fourth-order valence-corrected chi connectivity index (χ4v) is 3.58. The fraction of sp³-hybridized carbons (Fsp3) is 0.412. The smallest absolute Gasteiger partial charge is 0.390 e. The molecule has 1 saturated carbocycles. The van der Waals surface area contributed by atoms with Gasteiger partial charge in [-0.3, -0.25) is 9.97 Å². The van der Waals surface area contributed by atoms with E-state index in [0.29, 0.717) is 11.3 Å². The molecule has 2 aromatic rings. The van der Waals surface area contributed by atoms with Crippen molar-refractivity contribution in [1.82, 2.24) is 9.97 Å². The largest absolute Gasteiger partial charge is 0.433 e. The van der Waals surface area contributed by atoms with E-state index in [-0.39, 0.29) is 12.8 Å². The zero-order valence-corrected chi connectivity index (χ0v) is 13.0. The summed E-state index contributed by atoms with van der Waals surface area (Å²) in [6.07, 6.45) is -2.82. The van der Waals surface area contributed by atoms with Gasteiger partial charge in [0.05, 0.1) is 11.3 Å². The number of aromatic nitrogens is 2. The number of aliphatic hydroxyl groups is 2. The van der Waals surface area contributed by atoms with Crippen LogP contribution in [-0.4, -0.2) is 25.8 Å². The highest BCUT2D eigenvalue weighted by Gasteiger charge is 2.57. The topological polar surface area (TPSA) is 66.2 Å². The zero-order valence-electron chi connectivity index (χ0n) is 13.0. The van der Waals surface area contributed by atoms with E-state index in [9.17, 15) is 23.4 Å². The Hall–Kier alpha value is -1.99. The van der Waals surface area contributed by atoms with Crippen molar-refractivity contribution in [2.45, 2.75) is 43.1 Å². The summed E-state index contributed by atoms with van der Waals surface area (Å²) in [7, 11) is 0. The fourth-order valence-electron chi connectivity index (χ4n) is 3.58. The molecule has 0 saturated heterocycles. The highest BCUT2D eigenvalue weighted by atomic mass is 19.4. The lowest BCUT2D eigenvalue weighted by Crippen LogP contribution is -2.56. The van der Waals surface area contributed by atoms with Gasteiger partial charge in [-0.2, -0.15) is 13.2 Å². The average Bonchev–Trinajstić information content (AvgIpc) is 2.51. The highest BCUT2D eigenvalue weighted by molar-refractivity contribution is 5.36. The van der Waals surface area contributed by atoms with Crippen LogP contribution in [0.25, 0.3) is 0 Å². The summed E-state index contributed by atoms with van der Waals surface area (Å²) in [5, 5.41) is 21.0.